The van der Waals surface area contributed by atoms with Crippen LogP contribution in [0.1, 0.15) is 26.2 Å². The van der Waals surface area contributed by atoms with Crippen LogP contribution in [0, 0.1) is 0 Å². The Balaban J connectivity index is 1.85. The minimum atomic E-state index is -3.90. The zero-order chi connectivity index (χ0) is 16.2. The van der Waals surface area contributed by atoms with Crippen molar-refractivity contribution in [3.63, 3.8) is 0 Å². The highest BCUT2D eigenvalue weighted by atomic mass is 35.5. The molecule has 1 fully saturated rings. The van der Waals surface area contributed by atoms with Crippen LogP contribution in [0.2, 0.25) is 4.34 Å². The fraction of sp³-hybridized carbons (Fsp3) is 0.615. The molecule has 0 aromatic carbocycles. The number of halogens is 1. The molecule has 1 aromatic heterocycles. The molecule has 1 aliphatic heterocycles. The highest BCUT2D eigenvalue weighted by Gasteiger charge is 2.24. The molecular weight excluding hydrogens is 350 g/mol. The first-order chi connectivity index (χ1) is 10.4. The molecular formula is C13H18ClNO5S2. The fourth-order valence-electron chi connectivity index (χ4n) is 1.97. The Hall–Kier alpha value is -0.670. The Kier molecular flexibility index (Phi) is 6.22. The SMILES string of the molecule is C[C@@H](OC[C@@H]1CCCCO1)C(=O)NS(=O)(=O)c1ccc(Cl)s1. The van der Waals surface area contributed by atoms with Crippen molar-refractivity contribution in [2.75, 3.05) is 13.2 Å². The van der Waals surface area contributed by atoms with E-state index < -0.39 is 22.0 Å². The number of rotatable bonds is 6. The summed E-state index contributed by atoms with van der Waals surface area (Å²) in [5.74, 6) is -0.708. The highest BCUT2D eigenvalue weighted by molar-refractivity contribution is 7.92. The van der Waals surface area contributed by atoms with Crippen molar-refractivity contribution in [1.29, 1.82) is 0 Å². The summed E-state index contributed by atoms with van der Waals surface area (Å²) in [5, 5.41) is 0. The molecule has 1 N–H and O–H groups in total. The number of carbonyl (C=O) groups is 1. The van der Waals surface area contributed by atoms with Gasteiger partial charge in [-0.2, -0.15) is 0 Å². The van der Waals surface area contributed by atoms with Crippen molar-refractivity contribution < 1.29 is 22.7 Å². The summed E-state index contributed by atoms with van der Waals surface area (Å²) in [6.07, 6.45) is 2.09. The molecule has 1 saturated heterocycles. The Morgan fingerprint density at radius 2 is 2.32 bits per heavy atom. The number of nitrogens with one attached hydrogen (secondary N) is 1. The first kappa shape index (κ1) is 17.7. The Bertz CT molecular complexity index is 610. The van der Waals surface area contributed by atoms with Crippen LogP contribution in [-0.4, -0.2) is 39.7 Å². The maximum atomic E-state index is 12.0. The lowest BCUT2D eigenvalue weighted by Crippen LogP contribution is -2.39. The fourth-order valence-corrected chi connectivity index (χ4v) is 4.50. The first-order valence-corrected chi connectivity index (χ1v) is 9.61. The Labute approximate surface area is 138 Å². The number of hydrogen-bond donors (Lipinski definition) is 1. The van der Waals surface area contributed by atoms with Crippen LogP contribution < -0.4 is 4.72 Å². The van der Waals surface area contributed by atoms with E-state index in [1.54, 1.807) is 0 Å². The van der Waals surface area contributed by atoms with Gasteiger partial charge in [0.1, 0.15) is 10.3 Å². The highest BCUT2D eigenvalue weighted by Crippen LogP contribution is 2.25. The molecule has 6 nitrogen and oxygen atoms in total. The zero-order valence-electron chi connectivity index (χ0n) is 12.1. The average molecular weight is 368 g/mol. The third kappa shape index (κ3) is 4.92. The maximum absolute atomic E-state index is 12.0. The third-order valence-electron chi connectivity index (χ3n) is 3.22. The van der Waals surface area contributed by atoms with E-state index in [2.05, 4.69) is 0 Å². The van der Waals surface area contributed by atoms with Crippen molar-refractivity contribution in [2.24, 2.45) is 0 Å². The predicted molar refractivity (Wildman–Crippen MR) is 83.7 cm³/mol. The molecule has 1 amide bonds. The lowest BCUT2D eigenvalue weighted by Gasteiger charge is -2.23. The van der Waals surface area contributed by atoms with E-state index in [1.165, 1.54) is 19.1 Å². The van der Waals surface area contributed by atoms with E-state index in [0.29, 0.717) is 10.9 Å². The van der Waals surface area contributed by atoms with Gasteiger partial charge in [-0.05, 0) is 38.3 Å². The van der Waals surface area contributed by atoms with Crippen molar-refractivity contribution in [3.8, 4) is 0 Å². The molecule has 1 aromatic rings. The minimum Gasteiger partial charge on any atom is -0.376 e. The zero-order valence-corrected chi connectivity index (χ0v) is 14.5. The molecule has 0 aliphatic carbocycles. The normalized spacial score (nSPS) is 20.5. The smallest absolute Gasteiger partial charge is 0.273 e. The monoisotopic (exact) mass is 367 g/mol. The molecule has 0 spiro atoms. The topological polar surface area (TPSA) is 81.7 Å². The van der Waals surface area contributed by atoms with E-state index in [0.717, 1.165) is 30.6 Å². The second-order valence-corrected chi connectivity index (χ2v) is 8.62. The van der Waals surface area contributed by atoms with Gasteiger partial charge in [-0.1, -0.05) is 11.6 Å². The van der Waals surface area contributed by atoms with E-state index in [4.69, 9.17) is 21.1 Å². The van der Waals surface area contributed by atoms with Gasteiger partial charge in [-0.25, -0.2) is 13.1 Å². The van der Waals surface area contributed by atoms with E-state index in [-0.39, 0.29) is 16.9 Å². The molecule has 2 rings (SSSR count). The van der Waals surface area contributed by atoms with Crippen molar-refractivity contribution in [2.45, 2.75) is 42.6 Å². The van der Waals surface area contributed by atoms with Crippen LogP contribution in [-0.2, 0) is 24.3 Å². The van der Waals surface area contributed by atoms with Crippen LogP contribution in [0.4, 0.5) is 0 Å². The van der Waals surface area contributed by atoms with Gasteiger partial charge in [-0.15, -0.1) is 11.3 Å². The van der Waals surface area contributed by atoms with Gasteiger partial charge in [0.15, 0.2) is 0 Å². The summed E-state index contributed by atoms with van der Waals surface area (Å²) in [6.45, 7) is 2.48. The standard InChI is InChI=1S/C13H18ClNO5S2/c1-9(20-8-10-4-2-3-7-19-10)13(16)15-22(17,18)12-6-5-11(14)21-12/h5-6,9-10H,2-4,7-8H2,1H3,(H,15,16)/t9-,10+/m1/s1. The summed E-state index contributed by atoms with van der Waals surface area (Å²) in [5.41, 5.74) is 0. The molecule has 9 heteroatoms. The molecule has 124 valence electrons. The summed E-state index contributed by atoms with van der Waals surface area (Å²) in [6, 6.07) is 2.82. The van der Waals surface area contributed by atoms with Gasteiger partial charge in [0.05, 0.1) is 17.0 Å². The van der Waals surface area contributed by atoms with Gasteiger partial charge in [0.25, 0.3) is 15.9 Å². The summed E-state index contributed by atoms with van der Waals surface area (Å²) in [7, 11) is -3.90. The van der Waals surface area contributed by atoms with Crippen molar-refractivity contribution in [1.82, 2.24) is 4.72 Å². The van der Waals surface area contributed by atoms with Crippen LogP contribution in [0.5, 0.6) is 0 Å². The quantitative estimate of drug-likeness (QED) is 0.833. The average Bonchev–Trinajstić information content (AvgIpc) is 2.93. The van der Waals surface area contributed by atoms with Crippen LogP contribution in [0.15, 0.2) is 16.3 Å². The van der Waals surface area contributed by atoms with Crippen molar-refractivity contribution >= 4 is 38.9 Å². The summed E-state index contributed by atoms with van der Waals surface area (Å²) < 4.78 is 37.2. The minimum absolute atomic E-state index is 0.00587. The lowest BCUT2D eigenvalue weighted by atomic mass is 10.1. The van der Waals surface area contributed by atoms with Gasteiger partial charge in [-0.3, -0.25) is 4.79 Å². The predicted octanol–water partition coefficient (Wildman–Crippen LogP) is 2.18. The molecule has 0 bridgehead atoms. The number of ether oxygens (including phenoxy) is 2. The van der Waals surface area contributed by atoms with Gasteiger partial charge in [0.2, 0.25) is 0 Å². The first-order valence-electron chi connectivity index (χ1n) is 6.93. The molecule has 1 aliphatic rings. The number of carbonyl (C=O) groups excluding carboxylic acids is 1. The second kappa shape index (κ2) is 7.74. The van der Waals surface area contributed by atoms with E-state index in [9.17, 15) is 13.2 Å². The molecule has 0 radical (unpaired) electrons. The number of hydrogen-bond acceptors (Lipinski definition) is 6. The maximum Gasteiger partial charge on any atom is 0.273 e. The van der Waals surface area contributed by atoms with E-state index >= 15 is 0 Å². The van der Waals surface area contributed by atoms with Crippen LogP contribution in [0.25, 0.3) is 0 Å². The number of thiophene rings is 1. The Morgan fingerprint density at radius 1 is 1.55 bits per heavy atom. The molecule has 22 heavy (non-hydrogen) atoms. The van der Waals surface area contributed by atoms with Crippen LogP contribution in [0.3, 0.4) is 0 Å². The van der Waals surface area contributed by atoms with Gasteiger partial charge >= 0.3 is 0 Å². The number of amides is 1. The Morgan fingerprint density at radius 3 is 2.91 bits per heavy atom. The number of sulfonamides is 1. The summed E-state index contributed by atoms with van der Waals surface area (Å²) in [4.78, 5) is 11.9. The summed E-state index contributed by atoms with van der Waals surface area (Å²) >= 11 is 6.59. The largest absolute Gasteiger partial charge is 0.376 e. The van der Waals surface area contributed by atoms with E-state index in [1.807, 2.05) is 4.72 Å². The molecule has 2 atom stereocenters. The van der Waals surface area contributed by atoms with Crippen molar-refractivity contribution in [3.05, 3.63) is 16.5 Å². The van der Waals surface area contributed by atoms with Gasteiger partial charge < -0.3 is 9.47 Å². The lowest BCUT2D eigenvalue weighted by molar-refractivity contribution is -0.133. The third-order valence-corrected chi connectivity index (χ3v) is 6.29. The van der Waals surface area contributed by atoms with Crippen LogP contribution >= 0.6 is 22.9 Å². The molecule has 0 saturated carbocycles. The second-order valence-electron chi connectivity index (χ2n) is 4.99. The molecule has 0 unspecified atom stereocenters. The van der Waals surface area contributed by atoms with Gasteiger partial charge in [0, 0.05) is 6.61 Å². The molecule has 2 heterocycles.